The van der Waals surface area contributed by atoms with Gasteiger partial charge in [0.2, 0.25) is 0 Å². The van der Waals surface area contributed by atoms with Crippen molar-refractivity contribution in [3.05, 3.63) is 36.1 Å². The summed E-state index contributed by atoms with van der Waals surface area (Å²) in [6.45, 7) is 1.29. The predicted molar refractivity (Wildman–Crippen MR) is 72.2 cm³/mol. The van der Waals surface area contributed by atoms with E-state index in [1.165, 1.54) is 6.26 Å². The molecule has 0 atom stereocenters. The standard InChI is InChI=1S/C13H17NO3S/c1-18(15,16)8-4-7-14-10-12-9-11-5-2-3-6-13(11)17-12/h2-3,5-6,9,14H,4,7-8,10H2,1H3. The summed E-state index contributed by atoms with van der Waals surface area (Å²) in [5, 5.41) is 4.27. The molecule has 4 nitrogen and oxygen atoms in total. The molecule has 2 aromatic rings. The van der Waals surface area contributed by atoms with E-state index in [4.69, 9.17) is 4.42 Å². The Morgan fingerprint density at radius 1 is 1.28 bits per heavy atom. The summed E-state index contributed by atoms with van der Waals surface area (Å²) in [6, 6.07) is 9.85. The third-order valence-electron chi connectivity index (χ3n) is 2.64. The van der Waals surface area contributed by atoms with Crippen LogP contribution in [0.1, 0.15) is 12.2 Å². The quantitative estimate of drug-likeness (QED) is 0.813. The Labute approximate surface area is 107 Å². The summed E-state index contributed by atoms with van der Waals surface area (Å²) in [7, 11) is -2.85. The second-order valence-corrected chi connectivity index (χ2v) is 6.67. The first-order valence-electron chi connectivity index (χ1n) is 5.90. The number of rotatable bonds is 6. The lowest BCUT2D eigenvalue weighted by molar-refractivity contribution is 0.513. The summed E-state index contributed by atoms with van der Waals surface area (Å²) in [5.74, 6) is 1.09. The lowest BCUT2D eigenvalue weighted by Gasteiger charge is -2.01. The molecular weight excluding hydrogens is 250 g/mol. The van der Waals surface area contributed by atoms with Gasteiger partial charge in [0.15, 0.2) is 0 Å². The highest BCUT2D eigenvalue weighted by Gasteiger charge is 2.03. The highest BCUT2D eigenvalue weighted by molar-refractivity contribution is 7.90. The molecule has 0 aliphatic rings. The molecule has 0 spiro atoms. The Hall–Kier alpha value is -1.33. The Kier molecular flexibility index (Phi) is 4.04. The molecule has 0 aliphatic heterocycles. The van der Waals surface area contributed by atoms with Gasteiger partial charge in [0.1, 0.15) is 21.2 Å². The van der Waals surface area contributed by atoms with Gasteiger partial charge in [-0.15, -0.1) is 0 Å². The van der Waals surface area contributed by atoms with Crippen LogP contribution in [0, 0.1) is 0 Å². The molecule has 1 N–H and O–H groups in total. The van der Waals surface area contributed by atoms with Gasteiger partial charge in [-0.05, 0) is 25.1 Å². The number of benzene rings is 1. The van der Waals surface area contributed by atoms with Gasteiger partial charge in [-0.1, -0.05) is 18.2 Å². The minimum absolute atomic E-state index is 0.222. The van der Waals surface area contributed by atoms with Crippen molar-refractivity contribution in [3.8, 4) is 0 Å². The normalized spacial score (nSPS) is 12.1. The van der Waals surface area contributed by atoms with Crippen molar-refractivity contribution < 1.29 is 12.8 Å². The maximum atomic E-state index is 10.9. The molecule has 0 fully saturated rings. The van der Waals surface area contributed by atoms with Crippen molar-refractivity contribution >= 4 is 20.8 Å². The zero-order valence-electron chi connectivity index (χ0n) is 10.3. The molecule has 0 amide bonds. The fourth-order valence-corrected chi connectivity index (χ4v) is 2.46. The summed E-state index contributed by atoms with van der Waals surface area (Å²) in [4.78, 5) is 0. The van der Waals surface area contributed by atoms with Gasteiger partial charge in [-0.25, -0.2) is 8.42 Å². The molecule has 1 heterocycles. The monoisotopic (exact) mass is 267 g/mol. The van der Waals surface area contributed by atoms with E-state index in [1.807, 2.05) is 30.3 Å². The van der Waals surface area contributed by atoms with Crippen LogP contribution in [0.25, 0.3) is 11.0 Å². The van der Waals surface area contributed by atoms with Crippen LogP contribution < -0.4 is 5.32 Å². The van der Waals surface area contributed by atoms with Gasteiger partial charge >= 0.3 is 0 Å². The number of hydrogen-bond acceptors (Lipinski definition) is 4. The average Bonchev–Trinajstić information content (AvgIpc) is 2.69. The van der Waals surface area contributed by atoms with Crippen LogP contribution in [0.5, 0.6) is 0 Å². The van der Waals surface area contributed by atoms with E-state index in [1.54, 1.807) is 0 Å². The molecule has 2 rings (SSSR count). The zero-order chi connectivity index (χ0) is 13.0. The lowest BCUT2D eigenvalue weighted by Crippen LogP contribution is -2.17. The largest absolute Gasteiger partial charge is 0.460 e. The van der Waals surface area contributed by atoms with E-state index < -0.39 is 9.84 Å². The fourth-order valence-electron chi connectivity index (χ4n) is 1.79. The highest BCUT2D eigenvalue weighted by atomic mass is 32.2. The molecule has 98 valence electrons. The third kappa shape index (κ3) is 3.85. The minimum Gasteiger partial charge on any atom is -0.460 e. The van der Waals surface area contributed by atoms with Crippen molar-refractivity contribution in [2.24, 2.45) is 0 Å². The Morgan fingerprint density at radius 2 is 2.06 bits per heavy atom. The van der Waals surface area contributed by atoms with E-state index >= 15 is 0 Å². The molecular formula is C13H17NO3S. The van der Waals surface area contributed by atoms with Crippen LogP contribution in [-0.4, -0.2) is 27.0 Å². The molecule has 0 unspecified atom stereocenters. The number of para-hydroxylation sites is 1. The van der Waals surface area contributed by atoms with Crippen molar-refractivity contribution in [2.45, 2.75) is 13.0 Å². The molecule has 0 saturated heterocycles. The topological polar surface area (TPSA) is 59.3 Å². The number of sulfone groups is 1. The van der Waals surface area contributed by atoms with E-state index in [0.29, 0.717) is 19.5 Å². The number of nitrogens with one attached hydrogen (secondary N) is 1. The van der Waals surface area contributed by atoms with Gasteiger partial charge in [0, 0.05) is 11.6 Å². The van der Waals surface area contributed by atoms with Crippen molar-refractivity contribution in [3.63, 3.8) is 0 Å². The molecule has 1 aromatic heterocycles. The van der Waals surface area contributed by atoms with Gasteiger partial charge in [-0.2, -0.15) is 0 Å². The van der Waals surface area contributed by atoms with Crippen molar-refractivity contribution in [1.82, 2.24) is 5.32 Å². The summed E-state index contributed by atoms with van der Waals surface area (Å²) >= 11 is 0. The van der Waals surface area contributed by atoms with E-state index in [2.05, 4.69) is 5.32 Å². The van der Waals surface area contributed by atoms with Crippen LogP contribution in [0.15, 0.2) is 34.7 Å². The Balaban J connectivity index is 1.80. The van der Waals surface area contributed by atoms with Gasteiger partial charge in [-0.3, -0.25) is 0 Å². The smallest absolute Gasteiger partial charge is 0.147 e. The Bertz CT molecular complexity index is 583. The average molecular weight is 267 g/mol. The number of fused-ring (bicyclic) bond motifs is 1. The van der Waals surface area contributed by atoms with Crippen LogP contribution in [0.2, 0.25) is 0 Å². The minimum atomic E-state index is -2.85. The van der Waals surface area contributed by atoms with Crippen LogP contribution in [0.3, 0.4) is 0 Å². The van der Waals surface area contributed by atoms with Gasteiger partial charge < -0.3 is 9.73 Å². The molecule has 18 heavy (non-hydrogen) atoms. The third-order valence-corrected chi connectivity index (χ3v) is 3.67. The molecule has 0 bridgehead atoms. The molecule has 1 aromatic carbocycles. The molecule has 0 saturated carbocycles. The first-order chi connectivity index (χ1) is 8.54. The van der Waals surface area contributed by atoms with E-state index in [0.717, 1.165) is 16.7 Å². The number of hydrogen-bond donors (Lipinski definition) is 1. The SMILES string of the molecule is CS(=O)(=O)CCCNCc1cc2ccccc2o1. The first kappa shape index (κ1) is 13.1. The van der Waals surface area contributed by atoms with Crippen molar-refractivity contribution in [1.29, 1.82) is 0 Å². The maximum absolute atomic E-state index is 10.9. The predicted octanol–water partition coefficient (Wildman–Crippen LogP) is 1.96. The lowest BCUT2D eigenvalue weighted by atomic mass is 10.2. The van der Waals surface area contributed by atoms with E-state index in [-0.39, 0.29) is 5.75 Å². The van der Waals surface area contributed by atoms with Crippen LogP contribution in [-0.2, 0) is 16.4 Å². The Morgan fingerprint density at radius 3 is 2.78 bits per heavy atom. The fraction of sp³-hybridized carbons (Fsp3) is 0.385. The van der Waals surface area contributed by atoms with Crippen LogP contribution >= 0.6 is 0 Å². The van der Waals surface area contributed by atoms with Gasteiger partial charge in [0.05, 0.1) is 12.3 Å². The summed E-state index contributed by atoms with van der Waals surface area (Å²) in [5.41, 5.74) is 0.880. The zero-order valence-corrected chi connectivity index (χ0v) is 11.2. The molecule has 0 aliphatic carbocycles. The van der Waals surface area contributed by atoms with E-state index in [9.17, 15) is 8.42 Å². The first-order valence-corrected chi connectivity index (χ1v) is 7.96. The second-order valence-electron chi connectivity index (χ2n) is 4.41. The van der Waals surface area contributed by atoms with Gasteiger partial charge in [0.25, 0.3) is 0 Å². The molecule has 0 radical (unpaired) electrons. The molecule has 5 heteroatoms. The number of furan rings is 1. The summed E-state index contributed by atoms with van der Waals surface area (Å²) < 4.78 is 27.5. The second kappa shape index (κ2) is 5.54. The summed E-state index contributed by atoms with van der Waals surface area (Å²) in [6.07, 6.45) is 1.88. The highest BCUT2D eigenvalue weighted by Crippen LogP contribution is 2.18. The van der Waals surface area contributed by atoms with Crippen molar-refractivity contribution in [2.75, 3.05) is 18.6 Å². The van der Waals surface area contributed by atoms with Crippen LogP contribution in [0.4, 0.5) is 0 Å². The maximum Gasteiger partial charge on any atom is 0.147 e.